The van der Waals surface area contributed by atoms with Crippen LogP contribution >= 0.6 is 0 Å². The first-order valence-corrected chi connectivity index (χ1v) is 8.49. The van der Waals surface area contributed by atoms with Crippen molar-refractivity contribution in [3.05, 3.63) is 70.5 Å². The Kier molecular flexibility index (Phi) is 5.44. The van der Waals surface area contributed by atoms with Gasteiger partial charge in [0.1, 0.15) is 12.9 Å². The molecule has 1 heterocycles. The monoisotopic (exact) mass is 380 g/mol. The quantitative estimate of drug-likeness (QED) is 0.483. The van der Waals surface area contributed by atoms with Gasteiger partial charge in [-0.25, -0.2) is 9.78 Å². The molecule has 0 spiro atoms. The second kappa shape index (κ2) is 7.96. The Balaban J connectivity index is 2.22. The summed E-state index contributed by atoms with van der Waals surface area (Å²) in [4.78, 5) is 34.6. The van der Waals surface area contributed by atoms with Gasteiger partial charge in [0.15, 0.2) is 5.82 Å². The molecule has 7 nitrogen and oxygen atoms in total. The summed E-state index contributed by atoms with van der Waals surface area (Å²) in [6, 6.07) is 12.3. The van der Waals surface area contributed by atoms with Crippen LogP contribution in [0.15, 0.2) is 59.4 Å². The van der Waals surface area contributed by atoms with E-state index in [9.17, 15) is 9.59 Å². The lowest BCUT2D eigenvalue weighted by Gasteiger charge is -2.15. The van der Waals surface area contributed by atoms with Crippen molar-refractivity contribution in [2.24, 2.45) is 0 Å². The van der Waals surface area contributed by atoms with Crippen molar-refractivity contribution in [3.63, 3.8) is 0 Å². The fraction of sp³-hybridized carbons (Fsp3) is 0.190. The number of fused-ring (bicyclic) bond motifs is 1. The second-order valence-corrected chi connectivity index (χ2v) is 6.03. The molecule has 144 valence electrons. The Morgan fingerprint density at radius 3 is 2.57 bits per heavy atom. The molecule has 2 aromatic carbocycles. The number of methoxy groups -OCH3 is 2. The molecule has 1 aromatic heterocycles. The van der Waals surface area contributed by atoms with Gasteiger partial charge in [-0.3, -0.25) is 4.79 Å². The van der Waals surface area contributed by atoms with Crippen LogP contribution < -0.4 is 15.1 Å². The molecule has 0 aliphatic heterocycles. The zero-order valence-electron chi connectivity index (χ0n) is 15.9. The number of hydrogen-bond acceptors (Lipinski definition) is 6. The van der Waals surface area contributed by atoms with Gasteiger partial charge in [-0.1, -0.05) is 30.8 Å². The third-order valence-corrected chi connectivity index (χ3v) is 4.36. The fourth-order valence-electron chi connectivity index (χ4n) is 2.95. The standard InChI is InChI=1S/C21H20N2O5/c1-13(21(25)27-3)11-14-7-5-6-8-16(14)19-22-18-12-15(26-2)9-10-17(18)20(24)23(19)28-4/h5-10,12H,1,11H2,2-4H3. The van der Waals surface area contributed by atoms with Crippen molar-refractivity contribution in [2.75, 3.05) is 21.3 Å². The molecule has 0 bridgehead atoms. The molecule has 0 saturated carbocycles. The maximum atomic E-state index is 12.9. The van der Waals surface area contributed by atoms with Crippen molar-refractivity contribution in [3.8, 4) is 17.1 Å². The summed E-state index contributed by atoms with van der Waals surface area (Å²) in [5, 5.41) is 0.405. The lowest BCUT2D eigenvalue weighted by Crippen LogP contribution is -2.28. The Morgan fingerprint density at radius 1 is 1.14 bits per heavy atom. The molecule has 3 aromatic rings. The van der Waals surface area contributed by atoms with Gasteiger partial charge in [0.05, 0.1) is 25.1 Å². The molecule has 28 heavy (non-hydrogen) atoms. The summed E-state index contributed by atoms with van der Waals surface area (Å²) in [6.45, 7) is 3.78. The van der Waals surface area contributed by atoms with Crippen LogP contribution in [0.2, 0.25) is 0 Å². The van der Waals surface area contributed by atoms with Crippen LogP contribution in [-0.2, 0) is 16.0 Å². The Labute approximate surface area is 161 Å². The minimum Gasteiger partial charge on any atom is -0.497 e. The van der Waals surface area contributed by atoms with Crippen LogP contribution in [0.1, 0.15) is 5.56 Å². The van der Waals surface area contributed by atoms with Gasteiger partial charge >= 0.3 is 5.97 Å². The third kappa shape index (κ3) is 3.46. The van der Waals surface area contributed by atoms with Crippen molar-refractivity contribution >= 4 is 16.9 Å². The van der Waals surface area contributed by atoms with Gasteiger partial charge < -0.3 is 14.3 Å². The summed E-state index contributed by atoms with van der Waals surface area (Å²) in [7, 11) is 4.25. The van der Waals surface area contributed by atoms with E-state index < -0.39 is 5.97 Å². The maximum Gasteiger partial charge on any atom is 0.333 e. The second-order valence-electron chi connectivity index (χ2n) is 6.03. The van der Waals surface area contributed by atoms with Crippen LogP contribution in [0.4, 0.5) is 0 Å². The van der Waals surface area contributed by atoms with Crippen LogP contribution in [-0.4, -0.2) is 37.0 Å². The average molecular weight is 380 g/mol. The van der Waals surface area contributed by atoms with E-state index in [1.54, 1.807) is 25.3 Å². The number of nitrogens with zero attached hydrogens (tertiary/aromatic N) is 2. The van der Waals surface area contributed by atoms with Gasteiger partial charge in [-0.05, 0) is 17.7 Å². The Bertz CT molecular complexity index is 1120. The number of benzene rings is 2. The number of hydrogen-bond donors (Lipinski definition) is 0. The highest BCUT2D eigenvalue weighted by Gasteiger charge is 2.18. The van der Waals surface area contributed by atoms with E-state index >= 15 is 0 Å². The van der Waals surface area contributed by atoms with E-state index in [2.05, 4.69) is 11.6 Å². The molecular weight excluding hydrogens is 360 g/mol. The minimum absolute atomic E-state index is 0.249. The number of aromatic nitrogens is 2. The predicted molar refractivity (Wildman–Crippen MR) is 105 cm³/mol. The summed E-state index contributed by atoms with van der Waals surface area (Å²) in [6.07, 6.45) is 0.249. The molecule has 0 fully saturated rings. The first-order chi connectivity index (χ1) is 13.5. The first-order valence-electron chi connectivity index (χ1n) is 8.49. The van der Waals surface area contributed by atoms with Crippen molar-refractivity contribution in [2.45, 2.75) is 6.42 Å². The van der Waals surface area contributed by atoms with Gasteiger partial charge in [-0.15, -0.1) is 4.73 Å². The first kappa shape index (κ1) is 19.2. The van der Waals surface area contributed by atoms with E-state index in [4.69, 9.17) is 14.3 Å². The Morgan fingerprint density at radius 2 is 1.89 bits per heavy atom. The molecule has 0 unspecified atom stereocenters. The molecule has 0 N–H and O–H groups in total. The van der Waals surface area contributed by atoms with Gasteiger partial charge in [0.2, 0.25) is 0 Å². The van der Waals surface area contributed by atoms with E-state index in [0.717, 1.165) is 10.3 Å². The highest BCUT2D eigenvalue weighted by atomic mass is 16.7. The average Bonchev–Trinajstić information content (AvgIpc) is 2.72. The van der Waals surface area contributed by atoms with Crippen LogP contribution in [0, 0.1) is 0 Å². The zero-order valence-corrected chi connectivity index (χ0v) is 15.9. The minimum atomic E-state index is -0.491. The number of rotatable bonds is 6. The summed E-state index contributed by atoms with van der Waals surface area (Å²) >= 11 is 0. The normalized spacial score (nSPS) is 10.5. The molecule has 7 heteroatoms. The number of carbonyl (C=O) groups excluding carboxylic acids is 1. The Hall–Kier alpha value is -3.61. The summed E-state index contributed by atoms with van der Waals surface area (Å²) in [5.41, 5.74) is 1.85. The number of esters is 1. The van der Waals surface area contributed by atoms with Gasteiger partial charge in [0, 0.05) is 23.6 Å². The lowest BCUT2D eigenvalue weighted by atomic mass is 10.00. The largest absolute Gasteiger partial charge is 0.497 e. The molecule has 0 aliphatic carbocycles. The summed E-state index contributed by atoms with van der Waals surface area (Å²) < 4.78 is 11.1. The summed E-state index contributed by atoms with van der Waals surface area (Å²) in [5.74, 6) is 0.421. The highest BCUT2D eigenvalue weighted by molar-refractivity contribution is 5.88. The smallest absolute Gasteiger partial charge is 0.333 e. The van der Waals surface area contributed by atoms with Gasteiger partial charge in [0.25, 0.3) is 5.56 Å². The third-order valence-electron chi connectivity index (χ3n) is 4.36. The molecule has 0 saturated heterocycles. The van der Waals surface area contributed by atoms with Crippen molar-refractivity contribution in [1.82, 2.24) is 9.71 Å². The van der Waals surface area contributed by atoms with Crippen LogP contribution in [0.25, 0.3) is 22.3 Å². The number of ether oxygens (including phenoxy) is 2. The molecule has 3 rings (SSSR count). The highest BCUT2D eigenvalue weighted by Crippen LogP contribution is 2.26. The van der Waals surface area contributed by atoms with Crippen molar-refractivity contribution < 1.29 is 19.1 Å². The van der Waals surface area contributed by atoms with Crippen LogP contribution in [0.3, 0.4) is 0 Å². The van der Waals surface area contributed by atoms with Crippen LogP contribution in [0.5, 0.6) is 5.75 Å². The molecule has 0 amide bonds. The predicted octanol–water partition coefficient (Wildman–Crippen LogP) is 2.40. The van der Waals surface area contributed by atoms with E-state index in [-0.39, 0.29) is 12.0 Å². The van der Waals surface area contributed by atoms with E-state index in [1.165, 1.54) is 14.2 Å². The lowest BCUT2D eigenvalue weighted by molar-refractivity contribution is -0.136. The molecule has 0 atom stereocenters. The van der Waals surface area contributed by atoms with E-state index in [0.29, 0.717) is 33.6 Å². The fourth-order valence-corrected chi connectivity index (χ4v) is 2.95. The molecule has 0 radical (unpaired) electrons. The SMILES string of the molecule is C=C(Cc1ccccc1-c1nc2cc(OC)ccc2c(=O)n1OC)C(=O)OC. The van der Waals surface area contributed by atoms with E-state index in [1.807, 2.05) is 24.3 Å². The van der Waals surface area contributed by atoms with Gasteiger partial charge in [-0.2, -0.15) is 0 Å². The number of carbonyl (C=O) groups is 1. The zero-order chi connectivity index (χ0) is 20.3. The van der Waals surface area contributed by atoms with Crippen molar-refractivity contribution in [1.29, 1.82) is 0 Å². The molecular formula is C21H20N2O5. The molecule has 0 aliphatic rings. The maximum absolute atomic E-state index is 12.9. The topological polar surface area (TPSA) is 79.6 Å².